The smallest absolute Gasteiger partial charge is 0.305 e. The average molecular weight is 380 g/mol. The summed E-state index contributed by atoms with van der Waals surface area (Å²) in [6.45, 7) is 1.80. The van der Waals surface area contributed by atoms with Gasteiger partial charge in [-0.1, -0.05) is 29.3 Å². The van der Waals surface area contributed by atoms with E-state index in [1.165, 1.54) is 0 Å². The Morgan fingerprint density at radius 3 is 2.48 bits per heavy atom. The summed E-state index contributed by atoms with van der Waals surface area (Å²) in [6, 6.07) is 10.3. The fraction of sp³-hybridized carbons (Fsp3) is 0.176. The van der Waals surface area contributed by atoms with E-state index in [2.05, 4.69) is 15.8 Å². The highest BCUT2D eigenvalue weighted by molar-refractivity contribution is 6.42. The van der Waals surface area contributed by atoms with E-state index in [4.69, 9.17) is 23.2 Å². The monoisotopic (exact) mass is 379 g/mol. The standard InChI is InChI=1S/C17H16Cl2N4O2/c1-12(21-22-17(25)11-23-7-3-2-4-8-23)9-16(24)20-13-5-6-14(18)15(19)10-13/h2-8,10H,9,11H2,1H3,(H-,20,22,24,25)/p+1/b21-12-. The van der Waals surface area contributed by atoms with E-state index in [1.807, 2.05) is 18.2 Å². The Bertz CT molecular complexity index is 794. The first-order valence-corrected chi connectivity index (χ1v) is 8.20. The van der Waals surface area contributed by atoms with Crippen LogP contribution in [0.15, 0.2) is 53.9 Å². The number of pyridine rings is 1. The summed E-state index contributed by atoms with van der Waals surface area (Å²) in [6.07, 6.45) is 3.60. The second-order valence-corrected chi connectivity index (χ2v) is 6.10. The minimum absolute atomic E-state index is 0.0407. The van der Waals surface area contributed by atoms with Gasteiger partial charge in [0.25, 0.3) is 0 Å². The number of benzene rings is 1. The zero-order valence-electron chi connectivity index (χ0n) is 13.5. The van der Waals surface area contributed by atoms with Crippen LogP contribution in [-0.2, 0) is 16.1 Å². The maximum absolute atomic E-state index is 12.0. The van der Waals surface area contributed by atoms with Crippen molar-refractivity contribution in [2.75, 3.05) is 5.32 Å². The van der Waals surface area contributed by atoms with Gasteiger partial charge in [0, 0.05) is 23.5 Å². The number of halogens is 2. The number of carbonyl (C=O) groups excluding carboxylic acids is 2. The highest BCUT2D eigenvalue weighted by Gasteiger charge is 2.09. The van der Waals surface area contributed by atoms with Crippen LogP contribution in [-0.4, -0.2) is 17.5 Å². The molecular weight excluding hydrogens is 363 g/mol. The Balaban J connectivity index is 1.82. The SMILES string of the molecule is C/C(CC(=O)Nc1ccc(Cl)c(Cl)c1)=N/NC(=O)C[n+]1ccccc1. The van der Waals surface area contributed by atoms with Gasteiger partial charge in [0.2, 0.25) is 12.5 Å². The highest BCUT2D eigenvalue weighted by atomic mass is 35.5. The molecule has 1 aromatic carbocycles. The number of hydrogen-bond acceptors (Lipinski definition) is 3. The van der Waals surface area contributed by atoms with E-state index < -0.39 is 0 Å². The lowest BCUT2D eigenvalue weighted by molar-refractivity contribution is -0.684. The van der Waals surface area contributed by atoms with E-state index in [0.29, 0.717) is 21.4 Å². The highest BCUT2D eigenvalue weighted by Crippen LogP contribution is 2.24. The molecule has 0 aliphatic rings. The van der Waals surface area contributed by atoms with Crippen molar-refractivity contribution in [2.45, 2.75) is 19.9 Å². The first-order chi connectivity index (χ1) is 11.9. The minimum atomic E-state index is -0.277. The molecule has 130 valence electrons. The Kier molecular flexibility index (Phi) is 6.91. The fourth-order valence-electron chi connectivity index (χ4n) is 1.95. The van der Waals surface area contributed by atoms with Gasteiger partial charge in [-0.3, -0.25) is 9.59 Å². The molecule has 2 aromatic rings. The number of amides is 2. The van der Waals surface area contributed by atoms with Gasteiger partial charge in [-0.25, -0.2) is 5.43 Å². The maximum atomic E-state index is 12.0. The molecule has 2 N–H and O–H groups in total. The van der Waals surface area contributed by atoms with Gasteiger partial charge < -0.3 is 5.32 Å². The topological polar surface area (TPSA) is 74.4 Å². The molecule has 0 aliphatic heterocycles. The molecule has 0 spiro atoms. The van der Waals surface area contributed by atoms with E-state index in [0.717, 1.165) is 0 Å². The number of nitrogens with zero attached hydrogens (tertiary/aromatic N) is 2. The first kappa shape index (κ1) is 18.9. The zero-order chi connectivity index (χ0) is 18.2. The van der Waals surface area contributed by atoms with Gasteiger partial charge in [0.05, 0.1) is 16.5 Å². The summed E-state index contributed by atoms with van der Waals surface area (Å²) >= 11 is 11.7. The third kappa shape index (κ3) is 6.52. The Labute approximate surface area is 155 Å². The third-order valence-electron chi connectivity index (χ3n) is 3.09. The second-order valence-electron chi connectivity index (χ2n) is 5.28. The lowest BCUT2D eigenvalue weighted by atomic mass is 10.2. The molecule has 1 heterocycles. The van der Waals surface area contributed by atoms with E-state index >= 15 is 0 Å². The molecule has 2 amide bonds. The predicted octanol–water partition coefficient (Wildman–Crippen LogP) is 2.80. The van der Waals surface area contributed by atoms with Crippen LogP contribution in [0.1, 0.15) is 13.3 Å². The normalized spacial score (nSPS) is 11.1. The molecule has 0 aliphatic carbocycles. The van der Waals surface area contributed by atoms with Gasteiger partial charge in [-0.15, -0.1) is 0 Å². The van der Waals surface area contributed by atoms with Crippen molar-refractivity contribution in [2.24, 2.45) is 5.10 Å². The zero-order valence-corrected chi connectivity index (χ0v) is 15.0. The summed E-state index contributed by atoms with van der Waals surface area (Å²) in [5.74, 6) is -0.549. The van der Waals surface area contributed by atoms with Crippen LogP contribution in [0.2, 0.25) is 10.0 Å². The number of anilines is 1. The molecule has 0 bridgehead atoms. The van der Waals surface area contributed by atoms with Crippen molar-refractivity contribution < 1.29 is 14.2 Å². The van der Waals surface area contributed by atoms with Gasteiger partial charge >= 0.3 is 5.91 Å². The molecule has 0 atom stereocenters. The molecule has 0 saturated carbocycles. The Hall–Kier alpha value is -2.44. The van der Waals surface area contributed by atoms with E-state index in [9.17, 15) is 9.59 Å². The van der Waals surface area contributed by atoms with Crippen molar-refractivity contribution in [3.05, 3.63) is 58.8 Å². The van der Waals surface area contributed by atoms with Crippen molar-refractivity contribution in [1.82, 2.24) is 5.43 Å². The van der Waals surface area contributed by atoms with Crippen LogP contribution in [0.25, 0.3) is 0 Å². The maximum Gasteiger partial charge on any atom is 0.305 e. The molecule has 25 heavy (non-hydrogen) atoms. The molecule has 0 unspecified atom stereocenters. The minimum Gasteiger partial charge on any atom is -0.326 e. The summed E-state index contributed by atoms with van der Waals surface area (Å²) in [5, 5.41) is 7.39. The number of hydrogen-bond donors (Lipinski definition) is 2. The molecule has 2 rings (SSSR count). The van der Waals surface area contributed by atoms with Crippen LogP contribution in [0, 0.1) is 0 Å². The number of rotatable bonds is 6. The van der Waals surface area contributed by atoms with Crippen molar-refractivity contribution in [3.63, 3.8) is 0 Å². The lowest BCUT2D eigenvalue weighted by Gasteiger charge is -2.06. The number of nitrogens with one attached hydrogen (secondary N) is 2. The van der Waals surface area contributed by atoms with Gasteiger partial charge in [0.1, 0.15) is 0 Å². The quantitative estimate of drug-likeness (QED) is 0.460. The van der Waals surface area contributed by atoms with Crippen molar-refractivity contribution in [3.8, 4) is 0 Å². The lowest BCUT2D eigenvalue weighted by Crippen LogP contribution is -2.41. The summed E-state index contributed by atoms with van der Waals surface area (Å²) in [7, 11) is 0. The molecule has 6 nitrogen and oxygen atoms in total. The van der Waals surface area contributed by atoms with Gasteiger partial charge in [0.15, 0.2) is 12.4 Å². The van der Waals surface area contributed by atoms with Crippen LogP contribution < -0.4 is 15.3 Å². The van der Waals surface area contributed by atoms with Crippen LogP contribution in [0.3, 0.4) is 0 Å². The van der Waals surface area contributed by atoms with Crippen LogP contribution in [0.5, 0.6) is 0 Å². The summed E-state index contributed by atoms with van der Waals surface area (Å²) < 4.78 is 1.72. The van der Waals surface area contributed by atoms with E-state index in [1.54, 1.807) is 42.1 Å². The number of hydrazone groups is 1. The molecule has 1 aromatic heterocycles. The molecule has 0 radical (unpaired) electrons. The first-order valence-electron chi connectivity index (χ1n) is 7.45. The molecule has 0 saturated heterocycles. The van der Waals surface area contributed by atoms with E-state index in [-0.39, 0.29) is 24.8 Å². The Morgan fingerprint density at radius 1 is 1.08 bits per heavy atom. The third-order valence-corrected chi connectivity index (χ3v) is 3.83. The molecule has 8 heteroatoms. The van der Waals surface area contributed by atoms with Crippen LogP contribution in [0.4, 0.5) is 5.69 Å². The number of carbonyl (C=O) groups is 2. The van der Waals surface area contributed by atoms with Crippen LogP contribution >= 0.6 is 23.2 Å². The van der Waals surface area contributed by atoms with Crippen molar-refractivity contribution >= 4 is 46.4 Å². The predicted molar refractivity (Wildman–Crippen MR) is 97.6 cm³/mol. The number of aromatic nitrogens is 1. The second kappa shape index (κ2) is 9.15. The molecule has 0 fully saturated rings. The summed E-state index contributed by atoms with van der Waals surface area (Å²) in [4.78, 5) is 23.8. The Morgan fingerprint density at radius 2 is 1.80 bits per heavy atom. The largest absolute Gasteiger partial charge is 0.326 e. The van der Waals surface area contributed by atoms with Gasteiger partial charge in [-0.05, 0) is 25.1 Å². The van der Waals surface area contributed by atoms with Gasteiger partial charge in [-0.2, -0.15) is 9.67 Å². The summed E-state index contributed by atoms with van der Waals surface area (Å²) in [5.41, 5.74) is 3.44. The van der Waals surface area contributed by atoms with Crippen molar-refractivity contribution in [1.29, 1.82) is 0 Å². The molecular formula is C17H17Cl2N4O2+. The average Bonchev–Trinajstić information content (AvgIpc) is 2.57. The fourth-order valence-corrected chi connectivity index (χ4v) is 2.25.